The topological polar surface area (TPSA) is 33.7 Å². The maximum Gasteiger partial charge on any atom is 0.165 e. The molecule has 0 saturated carbocycles. The van der Waals surface area contributed by atoms with E-state index in [1.165, 1.54) is 0 Å². The summed E-state index contributed by atoms with van der Waals surface area (Å²) >= 11 is 0. The minimum absolute atomic E-state index is 0.650. The van der Waals surface area contributed by atoms with Crippen LogP contribution in [-0.2, 0) is 6.54 Å². The lowest BCUT2D eigenvalue weighted by Gasteiger charge is -2.20. The lowest BCUT2D eigenvalue weighted by molar-refractivity contribution is 0.212. The van der Waals surface area contributed by atoms with Crippen LogP contribution >= 0.6 is 0 Å². The monoisotopic (exact) mass is 294 g/mol. The van der Waals surface area contributed by atoms with Gasteiger partial charge in [0.2, 0.25) is 0 Å². The quantitative estimate of drug-likeness (QED) is 0.680. The third-order valence-corrected chi connectivity index (χ3v) is 3.47. The van der Waals surface area contributed by atoms with Crippen molar-refractivity contribution in [3.63, 3.8) is 0 Å². The van der Waals surface area contributed by atoms with Gasteiger partial charge in [-0.1, -0.05) is 32.9 Å². The first-order valence-corrected chi connectivity index (χ1v) is 8.07. The van der Waals surface area contributed by atoms with Gasteiger partial charge in [-0.15, -0.1) is 0 Å². The Kier molecular flexibility index (Phi) is 8.87. The summed E-state index contributed by atoms with van der Waals surface area (Å²) in [5.74, 6) is 1.72. The van der Waals surface area contributed by atoms with Crippen LogP contribution in [0.25, 0.3) is 0 Å². The SMILES string of the molecule is CCNCc1cccc(OCC)c1OCCN(CC)CC. The largest absolute Gasteiger partial charge is 0.490 e. The number of nitrogens with zero attached hydrogens (tertiary/aromatic N) is 1. The van der Waals surface area contributed by atoms with E-state index in [0.29, 0.717) is 13.2 Å². The Balaban J connectivity index is 2.74. The number of ether oxygens (including phenoxy) is 2. The standard InChI is InChI=1S/C17H30N2O2/c1-5-18-14-15-10-9-11-16(20-8-4)17(15)21-13-12-19(6-2)7-3/h9-11,18H,5-8,12-14H2,1-4H3. The van der Waals surface area contributed by atoms with Crippen LogP contribution in [0.1, 0.15) is 33.3 Å². The average molecular weight is 294 g/mol. The van der Waals surface area contributed by atoms with Crippen LogP contribution in [-0.4, -0.2) is 44.3 Å². The average Bonchev–Trinajstić information content (AvgIpc) is 2.51. The van der Waals surface area contributed by atoms with Crippen molar-refractivity contribution in [1.29, 1.82) is 0 Å². The van der Waals surface area contributed by atoms with Crippen molar-refractivity contribution in [3.05, 3.63) is 23.8 Å². The second-order valence-corrected chi connectivity index (χ2v) is 4.83. The molecule has 0 heterocycles. The Hall–Kier alpha value is -1.26. The van der Waals surface area contributed by atoms with Crippen LogP contribution in [0.5, 0.6) is 11.5 Å². The first kappa shape index (κ1) is 17.8. The van der Waals surface area contributed by atoms with Gasteiger partial charge in [-0.25, -0.2) is 0 Å². The molecular weight excluding hydrogens is 264 g/mol. The van der Waals surface area contributed by atoms with Crippen molar-refractivity contribution in [2.24, 2.45) is 0 Å². The number of nitrogens with one attached hydrogen (secondary N) is 1. The Bertz CT molecular complexity index is 392. The number of rotatable bonds is 11. The van der Waals surface area contributed by atoms with Crippen molar-refractivity contribution in [2.45, 2.75) is 34.2 Å². The van der Waals surface area contributed by atoms with Gasteiger partial charge in [0.1, 0.15) is 6.61 Å². The number of para-hydroxylation sites is 1. The van der Waals surface area contributed by atoms with Crippen LogP contribution in [0.4, 0.5) is 0 Å². The molecule has 120 valence electrons. The molecular formula is C17H30N2O2. The molecule has 0 fully saturated rings. The Labute approximate surface area is 129 Å². The van der Waals surface area contributed by atoms with Gasteiger partial charge in [0.15, 0.2) is 11.5 Å². The summed E-state index contributed by atoms with van der Waals surface area (Å²) in [5.41, 5.74) is 1.15. The fourth-order valence-electron chi connectivity index (χ4n) is 2.21. The maximum absolute atomic E-state index is 6.05. The van der Waals surface area contributed by atoms with E-state index in [4.69, 9.17) is 9.47 Å². The van der Waals surface area contributed by atoms with Crippen molar-refractivity contribution >= 4 is 0 Å². The minimum Gasteiger partial charge on any atom is -0.490 e. The zero-order chi connectivity index (χ0) is 15.5. The van der Waals surface area contributed by atoms with Crippen molar-refractivity contribution in [3.8, 4) is 11.5 Å². The molecule has 0 unspecified atom stereocenters. The van der Waals surface area contributed by atoms with Gasteiger partial charge in [-0.3, -0.25) is 0 Å². The lowest BCUT2D eigenvalue weighted by atomic mass is 10.2. The molecule has 0 aliphatic rings. The van der Waals surface area contributed by atoms with E-state index in [-0.39, 0.29) is 0 Å². The van der Waals surface area contributed by atoms with E-state index in [1.807, 2.05) is 19.1 Å². The van der Waals surface area contributed by atoms with Gasteiger partial charge >= 0.3 is 0 Å². The molecule has 0 radical (unpaired) electrons. The lowest BCUT2D eigenvalue weighted by Crippen LogP contribution is -2.28. The summed E-state index contributed by atoms with van der Waals surface area (Å²) in [6.45, 7) is 14.6. The third-order valence-electron chi connectivity index (χ3n) is 3.47. The molecule has 21 heavy (non-hydrogen) atoms. The van der Waals surface area contributed by atoms with E-state index in [2.05, 4.69) is 37.1 Å². The second kappa shape index (κ2) is 10.5. The number of hydrogen-bond acceptors (Lipinski definition) is 4. The Morgan fingerprint density at radius 1 is 1.05 bits per heavy atom. The van der Waals surface area contributed by atoms with Gasteiger partial charge in [-0.2, -0.15) is 0 Å². The Morgan fingerprint density at radius 2 is 1.81 bits per heavy atom. The van der Waals surface area contributed by atoms with Gasteiger partial charge in [0.25, 0.3) is 0 Å². The molecule has 4 nitrogen and oxygen atoms in total. The highest BCUT2D eigenvalue weighted by Gasteiger charge is 2.11. The van der Waals surface area contributed by atoms with E-state index >= 15 is 0 Å². The fraction of sp³-hybridized carbons (Fsp3) is 0.647. The predicted molar refractivity (Wildman–Crippen MR) is 88.3 cm³/mol. The normalized spacial score (nSPS) is 10.9. The van der Waals surface area contributed by atoms with Crippen molar-refractivity contribution < 1.29 is 9.47 Å². The summed E-state index contributed by atoms with van der Waals surface area (Å²) in [6, 6.07) is 6.10. The predicted octanol–water partition coefficient (Wildman–Crippen LogP) is 2.92. The fourth-order valence-corrected chi connectivity index (χ4v) is 2.21. The highest BCUT2D eigenvalue weighted by atomic mass is 16.5. The van der Waals surface area contributed by atoms with Crippen molar-refractivity contribution in [1.82, 2.24) is 10.2 Å². The minimum atomic E-state index is 0.650. The highest BCUT2D eigenvalue weighted by Crippen LogP contribution is 2.31. The number of likely N-dealkylation sites (N-methyl/N-ethyl adjacent to an activating group) is 1. The maximum atomic E-state index is 6.05. The number of hydrogen-bond donors (Lipinski definition) is 1. The van der Waals surface area contributed by atoms with E-state index in [0.717, 1.165) is 49.8 Å². The molecule has 0 spiro atoms. The van der Waals surface area contributed by atoms with Crippen LogP contribution in [0.2, 0.25) is 0 Å². The van der Waals surface area contributed by atoms with E-state index < -0.39 is 0 Å². The molecule has 0 bridgehead atoms. The highest BCUT2D eigenvalue weighted by molar-refractivity contribution is 5.46. The van der Waals surface area contributed by atoms with E-state index in [1.54, 1.807) is 0 Å². The summed E-state index contributed by atoms with van der Waals surface area (Å²) in [5, 5.41) is 3.35. The summed E-state index contributed by atoms with van der Waals surface area (Å²) < 4.78 is 11.7. The summed E-state index contributed by atoms with van der Waals surface area (Å²) in [7, 11) is 0. The molecule has 0 atom stereocenters. The molecule has 0 aliphatic carbocycles. The van der Waals surface area contributed by atoms with Crippen molar-refractivity contribution in [2.75, 3.05) is 39.4 Å². The van der Waals surface area contributed by atoms with Crippen LogP contribution in [0, 0.1) is 0 Å². The summed E-state index contributed by atoms with van der Waals surface area (Å²) in [6.07, 6.45) is 0. The number of benzene rings is 1. The van der Waals surface area contributed by atoms with Gasteiger partial charge in [0, 0.05) is 18.7 Å². The van der Waals surface area contributed by atoms with Gasteiger partial charge in [0.05, 0.1) is 6.61 Å². The Morgan fingerprint density at radius 3 is 2.43 bits per heavy atom. The summed E-state index contributed by atoms with van der Waals surface area (Å²) in [4.78, 5) is 2.35. The first-order chi connectivity index (χ1) is 10.3. The van der Waals surface area contributed by atoms with Crippen LogP contribution in [0.3, 0.4) is 0 Å². The molecule has 0 saturated heterocycles. The second-order valence-electron chi connectivity index (χ2n) is 4.83. The molecule has 1 N–H and O–H groups in total. The molecule has 4 heteroatoms. The zero-order valence-corrected chi connectivity index (χ0v) is 13.9. The van der Waals surface area contributed by atoms with Crippen LogP contribution in [0.15, 0.2) is 18.2 Å². The molecule has 1 aromatic rings. The first-order valence-electron chi connectivity index (χ1n) is 8.07. The smallest absolute Gasteiger partial charge is 0.165 e. The molecule has 0 aromatic heterocycles. The van der Waals surface area contributed by atoms with Gasteiger partial charge < -0.3 is 19.7 Å². The van der Waals surface area contributed by atoms with Crippen LogP contribution < -0.4 is 14.8 Å². The molecule has 0 amide bonds. The third kappa shape index (κ3) is 5.94. The van der Waals surface area contributed by atoms with Gasteiger partial charge in [-0.05, 0) is 32.6 Å². The molecule has 1 aromatic carbocycles. The molecule has 1 rings (SSSR count). The zero-order valence-electron chi connectivity index (χ0n) is 13.9. The molecule has 0 aliphatic heterocycles. The van der Waals surface area contributed by atoms with E-state index in [9.17, 15) is 0 Å².